The number of carbonyl (C=O) groups is 2. The van der Waals surface area contributed by atoms with Gasteiger partial charge in [-0.3, -0.25) is 9.69 Å². The highest BCUT2D eigenvalue weighted by atomic mass is 16.6. The van der Waals surface area contributed by atoms with Gasteiger partial charge in [0.2, 0.25) is 5.91 Å². The molecule has 0 radical (unpaired) electrons. The first kappa shape index (κ1) is 14.2. The predicted octanol–water partition coefficient (Wildman–Crippen LogP) is 1.55. The van der Waals surface area contributed by atoms with Crippen LogP contribution in [-0.2, 0) is 9.53 Å². The number of hydrogen-bond acceptors (Lipinski definition) is 4. The molecule has 1 aromatic carbocycles. The number of hydrogen-bond donors (Lipinski definition) is 1. The summed E-state index contributed by atoms with van der Waals surface area (Å²) < 4.78 is 10.6. The maximum absolute atomic E-state index is 11.8. The van der Waals surface area contributed by atoms with E-state index in [9.17, 15) is 9.59 Å². The van der Waals surface area contributed by atoms with Crippen LogP contribution in [-0.4, -0.2) is 37.8 Å². The molecule has 2 amide bonds. The van der Waals surface area contributed by atoms with Crippen molar-refractivity contribution in [1.82, 2.24) is 5.32 Å². The fourth-order valence-corrected chi connectivity index (χ4v) is 1.99. The Bertz CT molecular complexity index is 486. The average Bonchev–Trinajstić information content (AvgIpc) is 2.79. The van der Waals surface area contributed by atoms with Gasteiger partial charge in [-0.1, -0.05) is 0 Å². The first-order chi connectivity index (χ1) is 9.60. The van der Waals surface area contributed by atoms with Gasteiger partial charge in [-0.05, 0) is 31.2 Å². The van der Waals surface area contributed by atoms with E-state index in [0.717, 1.165) is 11.4 Å². The lowest BCUT2D eigenvalue weighted by Crippen LogP contribution is -2.33. The highest BCUT2D eigenvalue weighted by Crippen LogP contribution is 2.24. The standard InChI is InChI=1S/C14H18N2O4/c1-3-19-12-6-4-11(5-7-12)16-9-13(20-14(16)18)8-15-10(2)17/h4-7,13H,3,8-9H2,1-2H3,(H,15,17)/t13-/m0/s1. The molecule has 108 valence electrons. The molecule has 20 heavy (non-hydrogen) atoms. The molecule has 1 fully saturated rings. The van der Waals surface area contributed by atoms with Crippen LogP contribution in [0.3, 0.4) is 0 Å². The summed E-state index contributed by atoms with van der Waals surface area (Å²) in [5.41, 5.74) is 0.753. The Morgan fingerprint density at radius 1 is 1.45 bits per heavy atom. The quantitative estimate of drug-likeness (QED) is 0.887. The normalized spacial score (nSPS) is 17.8. The minimum atomic E-state index is -0.399. The van der Waals surface area contributed by atoms with E-state index in [-0.39, 0.29) is 12.0 Å². The van der Waals surface area contributed by atoms with E-state index in [1.54, 1.807) is 4.90 Å². The first-order valence-corrected chi connectivity index (χ1v) is 6.55. The molecule has 1 aromatic rings. The Morgan fingerprint density at radius 3 is 2.75 bits per heavy atom. The van der Waals surface area contributed by atoms with E-state index in [0.29, 0.717) is 19.7 Å². The fourth-order valence-electron chi connectivity index (χ4n) is 1.99. The van der Waals surface area contributed by atoms with Crippen LogP contribution in [0.15, 0.2) is 24.3 Å². The van der Waals surface area contributed by atoms with Gasteiger partial charge in [0.05, 0.1) is 19.7 Å². The van der Waals surface area contributed by atoms with E-state index < -0.39 is 6.09 Å². The summed E-state index contributed by atoms with van der Waals surface area (Å²) in [4.78, 5) is 24.2. The molecule has 1 aliphatic rings. The molecule has 1 aliphatic heterocycles. The van der Waals surface area contributed by atoms with Crippen molar-refractivity contribution in [2.45, 2.75) is 20.0 Å². The number of cyclic esters (lactones) is 1. The van der Waals surface area contributed by atoms with Crippen molar-refractivity contribution in [3.63, 3.8) is 0 Å². The number of rotatable bonds is 5. The van der Waals surface area contributed by atoms with Gasteiger partial charge in [0.1, 0.15) is 11.9 Å². The van der Waals surface area contributed by atoms with Crippen LogP contribution in [0.1, 0.15) is 13.8 Å². The topological polar surface area (TPSA) is 67.9 Å². The van der Waals surface area contributed by atoms with Crippen molar-refractivity contribution >= 4 is 17.7 Å². The maximum Gasteiger partial charge on any atom is 0.414 e. The lowest BCUT2D eigenvalue weighted by molar-refractivity contribution is -0.119. The number of anilines is 1. The van der Waals surface area contributed by atoms with Crippen molar-refractivity contribution in [2.24, 2.45) is 0 Å². The molecular formula is C14H18N2O4. The van der Waals surface area contributed by atoms with Gasteiger partial charge in [-0.25, -0.2) is 4.79 Å². The highest BCUT2D eigenvalue weighted by Gasteiger charge is 2.32. The lowest BCUT2D eigenvalue weighted by atomic mass is 10.2. The molecule has 1 atom stereocenters. The Hall–Kier alpha value is -2.24. The third-order valence-electron chi connectivity index (χ3n) is 2.91. The number of amides is 2. The zero-order chi connectivity index (χ0) is 14.5. The fraction of sp³-hybridized carbons (Fsp3) is 0.429. The van der Waals surface area contributed by atoms with Crippen LogP contribution >= 0.6 is 0 Å². The molecule has 2 rings (SSSR count). The van der Waals surface area contributed by atoms with E-state index >= 15 is 0 Å². The molecule has 0 aromatic heterocycles. The molecule has 0 spiro atoms. The second-order valence-corrected chi connectivity index (χ2v) is 4.48. The van der Waals surface area contributed by atoms with Crippen LogP contribution in [0.5, 0.6) is 5.75 Å². The highest BCUT2D eigenvalue weighted by molar-refractivity contribution is 5.89. The molecule has 0 saturated carbocycles. The molecular weight excluding hydrogens is 260 g/mol. The summed E-state index contributed by atoms with van der Waals surface area (Å²) in [6, 6.07) is 7.25. The van der Waals surface area contributed by atoms with Crippen LogP contribution in [0.4, 0.5) is 10.5 Å². The van der Waals surface area contributed by atoms with Gasteiger partial charge in [0.25, 0.3) is 0 Å². The van der Waals surface area contributed by atoms with Gasteiger partial charge >= 0.3 is 6.09 Å². The Labute approximate surface area is 117 Å². The third-order valence-corrected chi connectivity index (χ3v) is 2.91. The second kappa shape index (κ2) is 6.27. The summed E-state index contributed by atoms with van der Waals surface area (Å²) in [6.45, 7) is 4.70. The minimum Gasteiger partial charge on any atom is -0.494 e. The monoisotopic (exact) mass is 278 g/mol. The van der Waals surface area contributed by atoms with Crippen molar-refractivity contribution in [1.29, 1.82) is 0 Å². The summed E-state index contributed by atoms with van der Waals surface area (Å²) in [5, 5.41) is 2.64. The van der Waals surface area contributed by atoms with E-state index in [2.05, 4.69) is 5.32 Å². The molecule has 1 N–H and O–H groups in total. The van der Waals surface area contributed by atoms with E-state index in [4.69, 9.17) is 9.47 Å². The third kappa shape index (κ3) is 3.40. The van der Waals surface area contributed by atoms with E-state index in [1.807, 2.05) is 31.2 Å². The minimum absolute atomic E-state index is 0.138. The first-order valence-electron chi connectivity index (χ1n) is 6.55. The smallest absolute Gasteiger partial charge is 0.414 e. The van der Waals surface area contributed by atoms with Crippen molar-refractivity contribution < 1.29 is 19.1 Å². The van der Waals surface area contributed by atoms with Crippen LogP contribution in [0.25, 0.3) is 0 Å². The number of ether oxygens (including phenoxy) is 2. The summed E-state index contributed by atoms with van der Waals surface area (Å²) >= 11 is 0. The molecule has 1 heterocycles. The molecule has 0 aliphatic carbocycles. The Kier molecular flexibility index (Phi) is 4.45. The second-order valence-electron chi connectivity index (χ2n) is 4.48. The average molecular weight is 278 g/mol. The Balaban J connectivity index is 1.98. The maximum atomic E-state index is 11.8. The van der Waals surface area contributed by atoms with Crippen molar-refractivity contribution in [3.8, 4) is 5.75 Å². The largest absolute Gasteiger partial charge is 0.494 e. The summed E-state index contributed by atoms with van der Waals surface area (Å²) in [5.74, 6) is 0.624. The molecule has 0 unspecified atom stereocenters. The van der Waals surface area contributed by atoms with Gasteiger partial charge in [0, 0.05) is 12.6 Å². The van der Waals surface area contributed by atoms with Gasteiger partial charge in [-0.2, -0.15) is 0 Å². The van der Waals surface area contributed by atoms with Gasteiger partial charge in [-0.15, -0.1) is 0 Å². The molecule has 6 heteroatoms. The van der Waals surface area contributed by atoms with Crippen LogP contribution < -0.4 is 15.0 Å². The molecule has 1 saturated heterocycles. The Morgan fingerprint density at radius 2 is 2.15 bits per heavy atom. The van der Waals surface area contributed by atoms with Crippen LogP contribution in [0.2, 0.25) is 0 Å². The van der Waals surface area contributed by atoms with Gasteiger partial charge in [0.15, 0.2) is 0 Å². The number of nitrogens with zero attached hydrogens (tertiary/aromatic N) is 1. The number of benzene rings is 1. The van der Waals surface area contributed by atoms with Gasteiger partial charge < -0.3 is 14.8 Å². The van der Waals surface area contributed by atoms with Crippen molar-refractivity contribution in [2.75, 3.05) is 24.6 Å². The number of nitrogens with one attached hydrogen (secondary N) is 1. The number of carbonyl (C=O) groups excluding carboxylic acids is 2. The zero-order valence-corrected chi connectivity index (χ0v) is 11.6. The van der Waals surface area contributed by atoms with E-state index in [1.165, 1.54) is 6.92 Å². The zero-order valence-electron chi connectivity index (χ0n) is 11.6. The van der Waals surface area contributed by atoms with Crippen LogP contribution in [0, 0.1) is 0 Å². The summed E-state index contributed by atoms with van der Waals surface area (Å²) in [6.07, 6.45) is -0.720. The molecule has 0 bridgehead atoms. The lowest BCUT2D eigenvalue weighted by Gasteiger charge is -2.13. The SMILES string of the molecule is CCOc1ccc(N2C[C@H](CNC(C)=O)OC2=O)cc1. The van der Waals surface area contributed by atoms with Crippen molar-refractivity contribution in [3.05, 3.63) is 24.3 Å². The summed E-state index contributed by atoms with van der Waals surface area (Å²) in [7, 11) is 0. The predicted molar refractivity (Wildman–Crippen MR) is 73.9 cm³/mol. The molecule has 6 nitrogen and oxygen atoms in total.